The van der Waals surface area contributed by atoms with E-state index in [2.05, 4.69) is 5.32 Å². The van der Waals surface area contributed by atoms with Gasteiger partial charge in [0.05, 0.1) is 0 Å². The Balaban J connectivity index is 1.55. The number of nitrogens with two attached hydrogens (primary N) is 1. The number of ether oxygens (including phenoxy) is 2. The number of hydrogen-bond donors (Lipinski definition) is 2. The lowest BCUT2D eigenvalue weighted by Gasteiger charge is -2.19. The van der Waals surface area contributed by atoms with Crippen LogP contribution in [-0.4, -0.2) is 25.7 Å². The molecule has 0 spiro atoms. The molecule has 2 aromatic rings. The average Bonchev–Trinajstić information content (AvgIpc) is 2.60. The van der Waals surface area contributed by atoms with Crippen molar-refractivity contribution in [1.29, 1.82) is 0 Å². The molecule has 0 radical (unpaired) electrons. The highest BCUT2D eigenvalue weighted by molar-refractivity contribution is 6.31. The number of amides is 1. The first kappa shape index (κ1) is 16.6. The Morgan fingerprint density at radius 3 is 2.75 bits per heavy atom. The molecule has 1 heterocycles. The Hall–Kier alpha value is -2.24. The van der Waals surface area contributed by atoms with Crippen LogP contribution in [0.5, 0.6) is 11.5 Å². The minimum Gasteiger partial charge on any atom is -0.486 e. The molecule has 5 nitrogen and oxygen atoms in total. The van der Waals surface area contributed by atoms with Crippen LogP contribution >= 0.6 is 11.6 Å². The van der Waals surface area contributed by atoms with Crippen molar-refractivity contribution in [2.75, 3.05) is 25.1 Å². The van der Waals surface area contributed by atoms with Crippen molar-refractivity contribution in [3.63, 3.8) is 0 Å². The van der Waals surface area contributed by atoms with Crippen molar-refractivity contribution in [1.82, 2.24) is 0 Å². The van der Waals surface area contributed by atoms with E-state index in [1.807, 2.05) is 42.6 Å². The van der Waals surface area contributed by atoms with Gasteiger partial charge in [0, 0.05) is 22.3 Å². The van der Waals surface area contributed by atoms with Crippen LogP contribution < -0.4 is 20.1 Å². The van der Waals surface area contributed by atoms with Gasteiger partial charge in [0.25, 0.3) is 5.91 Å². The highest BCUT2D eigenvalue weighted by Gasteiger charge is 2.16. The second-order valence-corrected chi connectivity index (χ2v) is 6.06. The number of carbonyl (C=O) groups excluding carboxylic acids is 1. The number of rotatable bonds is 5. The van der Waals surface area contributed by atoms with Crippen LogP contribution in [0.2, 0.25) is 5.02 Å². The van der Waals surface area contributed by atoms with E-state index >= 15 is 0 Å². The summed E-state index contributed by atoms with van der Waals surface area (Å²) in [5.41, 5.74) is 1.72. The van der Waals surface area contributed by atoms with E-state index in [0.29, 0.717) is 42.0 Å². The monoisotopic (exact) mass is 347 g/mol. The second kappa shape index (κ2) is 7.55. The maximum Gasteiger partial charge on any atom is 0.279 e. The van der Waals surface area contributed by atoms with Crippen molar-refractivity contribution >= 4 is 23.2 Å². The molecule has 0 saturated heterocycles. The topological polar surface area (TPSA) is 64.2 Å². The molecule has 2 aromatic carbocycles. The Bertz CT molecular complexity index is 736. The summed E-state index contributed by atoms with van der Waals surface area (Å²) in [7, 11) is 0. The summed E-state index contributed by atoms with van der Waals surface area (Å²) in [4.78, 5) is 12.2. The predicted octanol–water partition coefficient (Wildman–Crippen LogP) is 2.37. The Morgan fingerprint density at radius 1 is 1.21 bits per heavy atom. The molecule has 1 aliphatic rings. The largest absolute Gasteiger partial charge is 0.486 e. The first-order valence-corrected chi connectivity index (χ1v) is 8.28. The van der Waals surface area contributed by atoms with E-state index in [1.54, 1.807) is 12.1 Å². The number of hydrogen-bond acceptors (Lipinski definition) is 3. The van der Waals surface area contributed by atoms with Gasteiger partial charge in [0.1, 0.15) is 19.3 Å². The zero-order chi connectivity index (χ0) is 16.9. The summed E-state index contributed by atoms with van der Waals surface area (Å²) in [5, 5.41) is 5.54. The lowest BCUT2D eigenvalue weighted by atomic mass is 10.1. The Morgan fingerprint density at radius 2 is 1.96 bits per heavy atom. The van der Waals surface area contributed by atoms with Gasteiger partial charge < -0.3 is 20.1 Å². The molecule has 3 rings (SSSR count). The standard InChI is InChI=1S/C18H19ClN2O3/c1-12(14-4-2-3-5-15(14)19)20-11-18(22)21-13-6-7-16-17(10-13)24-9-8-23-16/h2-7,10,12,20H,8-9,11H2,1H3,(H,21,22)/p+1/t12-/m0/s1. The van der Waals surface area contributed by atoms with Crippen LogP contribution in [0.4, 0.5) is 5.69 Å². The second-order valence-electron chi connectivity index (χ2n) is 5.66. The smallest absolute Gasteiger partial charge is 0.279 e. The van der Waals surface area contributed by atoms with Gasteiger partial charge in [-0.3, -0.25) is 4.79 Å². The van der Waals surface area contributed by atoms with Crippen molar-refractivity contribution in [3.8, 4) is 11.5 Å². The van der Waals surface area contributed by atoms with Crippen molar-refractivity contribution in [2.45, 2.75) is 13.0 Å². The summed E-state index contributed by atoms with van der Waals surface area (Å²) in [6.07, 6.45) is 0. The minimum atomic E-state index is -0.0782. The first-order valence-electron chi connectivity index (χ1n) is 7.91. The first-order chi connectivity index (χ1) is 11.6. The minimum absolute atomic E-state index is 0.0782. The zero-order valence-corrected chi connectivity index (χ0v) is 14.2. The van der Waals surface area contributed by atoms with Crippen molar-refractivity contribution < 1.29 is 19.6 Å². The quantitative estimate of drug-likeness (QED) is 0.872. The summed E-state index contributed by atoms with van der Waals surface area (Å²) in [6.45, 7) is 3.40. The summed E-state index contributed by atoms with van der Waals surface area (Å²) in [5.74, 6) is 1.29. The third kappa shape index (κ3) is 3.99. The zero-order valence-electron chi connectivity index (χ0n) is 13.4. The third-order valence-corrected chi connectivity index (χ3v) is 4.22. The van der Waals surface area contributed by atoms with Crippen LogP contribution in [0.3, 0.4) is 0 Å². The van der Waals surface area contributed by atoms with Gasteiger partial charge in [-0.2, -0.15) is 0 Å². The van der Waals surface area contributed by atoms with E-state index in [4.69, 9.17) is 21.1 Å². The molecule has 1 aliphatic heterocycles. The van der Waals surface area contributed by atoms with E-state index < -0.39 is 0 Å². The lowest BCUT2D eigenvalue weighted by Crippen LogP contribution is -2.86. The molecule has 3 N–H and O–H groups in total. The molecule has 0 unspecified atom stereocenters. The molecule has 0 saturated carbocycles. The molecule has 0 bridgehead atoms. The normalized spacial score (nSPS) is 14.1. The highest BCUT2D eigenvalue weighted by atomic mass is 35.5. The number of anilines is 1. The van der Waals surface area contributed by atoms with Gasteiger partial charge >= 0.3 is 0 Å². The fraction of sp³-hybridized carbons (Fsp3) is 0.278. The van der Waals surface area contributed by atoms with Gasteiger partial charge in [-0.05, 0) is 25.1 Å². The lowest BCUT2D eigenvalue weighted by molar-refractivity contribution is -0.682. The van der Waals surface area contributed by atoms with Crippen LogP contribution in [0.1, 0.15) is 18.5 Å². The summed E-state index contributed by atoms with van der Waals surface area (Å²) in [6, 6.07) is 13.2. The maximum atomic E-state index is 12.2. The Kier molecular flexibility index (Phi) is 5.23. The fourth-order valence-corrected chi connectivity index (χ4v) is 2.90. The van der Waals surface area contributed by atoms with Crippen LogP contribution in [0, 0.1) is 0 Å². The fourth-order valence-electron chi connectivity index (χ4n) is 2.59. The number of fused-ring (bicyclic) bond motifs is 1. The molecule has 0 aromatic heterocycles. The van der Waals surface area contributed by atoms with E-state index in [-0.39, 0.29) is 11.9 Å². The molecular weight excluding hydrogens is 328 g/mol. The molecule has 6 heteroatoms. The van der Waals surface area contributed by atoms with Gasteiger partial charge in [-0.25, -0.2) is 0 Å². The third-order valence-electron chi connectivity index (χ3n) is 3.88. The van der Waals surface area contributed by atoms with E-state index in [1.165, 1.54) is 0 Å². The molecule has 1 amide bonds. The number of nitrogens with one attached hydrogen (secondary N) is 1. The molecule has 0 fully saturated rings. The van der Waals surface area contributed by atoms with Gasteiger partial charge in [0.15, 0.2) is 18.0 Å². The van der Waals surface area contributed by atoms with Gasteiger partial charge in [-0.15, -0.1) is 0 Å². The van der Waals surface area contributed by atoms with Crippen molar-refractivity contribution in [3.05, 3.63) is 53.1 Å². The average molecular weight is 348 g/mol. The molecule has 1 atom stereocenters. The summed E-state index contributed by atoms with van der Waals surface area (Å²) >= 11 is 6.19. The predicted molar refractivity (Wildman–Crippen MR) is 92.7 cm³/mol. The summed E-state index contributed by atoms with van der Waals surface area (Å²) < 4.78 is 11.0. The van der Waals surface area contributed by atoms with Crippen LogP contribution in [0.15, 0.2) is 42.5 Å². The van der Waals surface area contributed by atoms with Crippen LogP contribution in [-0.2, 0) is 4.79 Å². The van der Waals surface area contributed by atoms with Crippen molar-refractivity contribution in [2.24, 2.45) is 0 Å². The SMILES string of the molecule is C[C@H]([NH2+]CC(=O)Nc1ccc2c(c1)OCCO2)c1ccccc1Cl. The molecule has 126 valence electrons. The molecular formula is C18H20ClN2O3+. The highest BCUT2D eigenvalue weighted by Crippen LogP contribution is 2.32. The molecule has 0 aliphatic carbocycles. The maximum absolute atomic E-state index is 12.2. The number of benzene rings is 2. The number of halogens is 1. The number of carbonyl (C=O) groups is 1. The van der Waals surface area contributed by atoms with Gasteiger partial charge in [0.2, 0.25) is 0 Å². The van der Waals surface area contributed by atoms with E-state index in [9.17, 15) is 4.79 Å². The van der Waals surface area contributed by atoms with E-state index in [0.717, 1.165) is 5.56 Å². The molecule has 24 heavy (non-hydrogen) atoms. The van der Waals surface area contributed by atoms with Crippen LogP contribution in [0.25, 0.3) is 0 Å². The number of quaternary nitrogens is 1. The van der Waals surface area contributed by atoms with Gasteiger partial charge in [-0.1, -0.05) is 29.8 Å². The Labute approximate surface area is 145 Å².